The predicted octanol–water partition coefficient (Wildman–Crippen LogP) is 2.17. The van der Waals surface area contributed by atoms with Gasteiger partial charge in [-0.15, -0.1) is 0 Å². The van der Waals surface area contributed by atoms with Crippen molar-refractivity contribution in [2.45, 2.75) is 50.2 Å². The number of aromatic nitrogens is 2. The average molecular weight is 267 g/mol. The van der Waals surface area contributed by atoms with Crippen molar-refractivity contribution in [3.8, 4) is 5.75 Å². The average Bonchev–Trinajstić information content (AvgIpc) is 2.65. The van der Waals surface area contributed by atoms with Crippen LogP contribution in [0.3, 0.4) is 0 Å². The number of rotatable bonds is 4. The molecule has 1 aromatic heterocycles. The first-order valence-corrected chi connectivity index (χ1v) is 7.01. The number of aryl methyl sites for hydroxylation is 1. The first-order chi connectivity index (χ1) is 9.14. The van der Waals surface area contributed by atoms with Gasteiger partial charge in [0.25, 0.3) is 0 Å². The standard InChI is InChI=1S/C14H25N3O2/c1-17-12(11(18-2)10-16-17)13(15)14(19-3)8-6-4-5-7-9-14/h10,13H,4-9,15H2,1-3H3. The van der Waals surface area contributed by atoms with Crippen molar-refractivity contribution in [1.82, 2.24) is 9.78 Å². The molecular formula is C14H25N3O2. The molecule has 0 radical (unpaired) electrons. The summed E-state index contributed by atoms with van der Waals surface area (Å²) < 4.78 is 13.1. The van der Waals surface area contributed by atoms with Crippen LogP contribution in [0.5, 0.6) is 5.75 Å². The molecule has 108 valence electrons. The van der Waals surface area contributed by atoms with Crippen LogP contribution in [0.15, 0.2) is 6.20 Å². The minimum Gasteiger partial charge on any atom is -0.493 e. The van der Waals surface area contributed by atoms with Crippen LogP contribution >= 0.6 is 0 Å². The van der Waals surface area contributed by atoms with E-state index in [1.54, 1.807) is 25.1 Å². The van der Waals surface area contributed by atoms with E-state index in [1.807, 2.05) is 7.05 Å². The Kier molecular flexibility index (Phi) is 4.47. The minimum absolute atomic E-state index is 0.210. The van der Waals surface area contributed by atoms with Crippen LogP contribution in [0.2, 0.25) is 0 Å². The third-order valence-corrected chi connectivity index (χ3v) is 4.39. The Bertz CT molecular complexity index is 409. The van der Waals surface area contributed by atoms with E-state index in [4.69, 9.17) is 15.2 Å². The van der Waals surface area contributed by atoms with Crippen LogP contribution in [0.4, 0.5) is 0 Å². The summed E-state index contributed by atoms with van der Waals surface area (Å²) >= 11 is 0. The molecule has 2 rings (SSSR count). The summed E-state index contributed by atoms with van der Waals surface area (Å²) in [6, 6.07) is -0.210. The second kappa shape index (κ2) is 5.92. The lowest BCUT2D eigenvalue weighted by molar-refractivity contribution is -0.0463. The molecule has 1 atom stereocenters. The van der Waals surface area contributed by atoms with E-state index >= 15 is 0 Å². The van der Waals surface area contributed by atoms with Gasteiger partial charge in [0.15, 0.2) is 5.75 Å². The third kappa shape index (κ3) is 2.62. The Hall–Kier alpha value is -1.07. The highest BCUT2D eigenvalue weighted by molar-refractivity contribution is 5.30. The molecule has 0 amide bonds. The van der Waals surface area contributed by atoms with Gasteiger partial charge in [-0.2, -0.15) is 5.10 Å². The van der Waals surface area contributed by atoms with E-state index in [0.29, 0.717) is 0 Å². The molecule has 0 aromatic carbocycles. The smallest absolute Gasteiger partial charge is 0.161 e. The van der Waals surface area contributed by atoms with Crippen LogP contribution in [0, 0.1) is 0 Å². The van der Waals surface area contributed by atoms with Gasteiger partial charge in [0.05, 0.1) is 30.6 Å². The Morgan fingerprint density at radius 2 is 1.89 bits per heavy atom. The maximum Gasteiger partial charge on any atom is 0.161 e. The van der Waals surface area contributed by atoms with E-state index < -0.39 is 0 Å². The lowest BCUT2D eigenvalue weighted by Crippen LogP contribution is -2.43. The summed E-state index contributed by atoms with van der Waals surface area (Å²) in [6.07, 6.45) is 8.58. The van der Waals surface area contributed by atoms with Crippen molar-refractivity contribution in [1.29, 1.82) is 0 Å². The van der Waals surface area contributed by atoms with Crippen LogP contribution in [0.1, 0.15) is 50.3 Å². The second-order valence-corrected chi connectivity index (χ2v) is 5.38. The van der Waals surface area contributed by atoms with Crippen molar-refractivity contribution in [2.75, 3.05) is 14.2 Å². The van der Waals surface area contributed by atoms with Gasteiger partial charge >= 0.3 is 0 Å². The molecule has 0 spiro atoms. The molecule has 1 aromatic rings. The summed E-state index contributed by atoms with van der Waals surface area (Å²) in [5.74, 6) is 0.746. The number of hydrogen-bond donors (Lipinski definition) is 1. The fourth-order valence-corrected chi connectivity index (χ4v) is 3.16. The third-order valence-electron chi connectivity index (χ3n) is 4.39. The van der Waals surface area contributed by atoms with Crippen molar-refractivity contribution >= 4 is 0 Å². The van der Waals surface area contributed by atoms with Gasteiger partial charge in [-0.3, -0.25) is 4.68 Å². The van der Waals surface area contributed by atoms with Crippen molar-refractivity contribution in [3.05, 3.63) is 11.9 Å². The molecule has 5 heteroatoms. The number of nitrogens with two attached hydrogens (primary N) is 1. The van der Waals surface area contributed by atoms with Crippen LogP contribution < -0.4 is 10.5 Å². The Balaban J connectivity index is 2.33. The van der Waals surface area contributed by atoms with E-state index in [0.717, 1.165) is 24.3 Å². The molecule has 0 aliphatic heterocycles. The fourth-order valence-electron chi connectivity index (χ4n) is 3.16. The Labute approximate surface area is 115 Å². The van der Waals surface area contributed by atoms with Crippen LogP contribution in [0.25, 0.3) is 0 Å². The summed E-state index contributed by atoms with van der Waals surface area (Å²) in [6.45, 7) is 0. The first kappa shape index (κ1) is 14.3. The molecule has 1 saturated carbocycles. The lowest BCUT2D eigenvalue weighted by atomic mass is 9.84. The molecule has 1 aliphatic carbocycles. The highest BCUT2D eigenvalue weighted by Gasteiger charge is 2.40. The summed E-state index contributed by atoms with van der Waals surface area (Å²) in [5.41, 5.74) is 7.17. The molecule has 5 nitrogen and oxygen atoms in total. The first-order valence-electron chi connectivity index (χ1n) is 7.01. The number of nitrogens with zero attached hydrogens (tertiary/aromatic N) is 2. The number of hydrogen-bond acceptors (Lipinski definition) is 4. The van der Waals surface area contributed by atoms with Crippen LogP contribution in [-0.4, -0.2) is 29.6 Å². The van der Waals surface area contributed by atoms with Crippen molar-refractivity contribution in [3.63, 3.8) is 0 Å². The van der Waals surface area contributed by atoms with Crippen LogP contribution in [-0.2, 0) is 11.8 Å². The highest BCUT2D eigenvalue weighted by atomic mass is 16.5. The minimum atomic E-state index is -0.294. The molecule has 1 unspecified atom stereocenters. The molecule has 1 aliphatic rings. The van der Waals surface area contributed by atoms with E-state index in [9.17, 15) is 0 Å². The normalized spacial score (nSPS) is 20.8. The maximum absolute atomic E-state index is 6.54. The highest BCUT2D eigenvalue weighted by Crippen LogP contribution is 2.41. The van der Waals surface area contributed by atoms with Gasteiger partial charge < -0.3 is 15.2 Å². The van der Waals surface area contributed by atoms with Gasteiger partial charge in [-0.05, 0) is 12.8 Å². The van der Waals surface area contributed by atoms with Gasteiger partial charge in [-0.25, -0.2) is 0 Å². The van der Waals surface area contributed by atoms with Gasteiger partial charge in [0.1, 0.15) is 0 Å². The zero-order valence-corrected chi connectivity index (χ0v) is 12.2. The second-order valence-electron chi connectivity index (χ2n) is 5.38. The van der Waals surface area contributed by atoms with Crippen molar-refractivity contribution in [2.24, 2.45) is 12.8 Å². The summed E-state index contributed by atoms with van der Waals surface area (Å²) in [4.78, 5) is 0. The fraction of sp³-hybridized carbons (Fsp3) is 0.786. The molecule has 1 fully saturated rings. The summed E-state index contributed by atoms with van der Waals surface area (Å²) in [5, 5.41) is 4.25. The molecule has 19 heavy (non-hydrogen) atoms. The quantitative estimate of drug-likeness (QED) is 0.849. The monoisotopic (exact) mass is 267 g/mol. The lowest BCUT2D eigenvalue weighted by Gasteiger charge is -2.37. The van der Waals surface area contributed by atoms with E-state index in [1.165, 1.54) is 25.7 Å². The van der Waals surface area contributed by atoms with Crippen molar-refractivity contribution < 1.29 is 9.47 Å². The van der Waals surface area contributed by atoms with Gasteiger partial charge in [0.2, 0.25) is 0 Å². The zero-order valence-electron chi connectivity index (χ0n) is 12.2. The largest absolute Gasteiger partial charge is 0.493 e. The molecular weight excluding hydrogens is 242 g/mol. The van der Waals surface area contributed by atoms with Gasteiger partial charge in [-0.1, -0.05) is 25.7 Å². The zero-order chi connectivity index (χ0) is 13.9. The Morgan fingerprint density at radius 1 is 1.26 bits per heavy atom. The number of methoxy groups -OCH3 is 2. The summed E-state index contributed by atoms with van der Waals surface area (Å²) in [7, 11) is 5.33. The van der Waals surface area contributed by atoms with E-state index in [2.05, 4.69) is 5.10 Å². The molecule has 0 saturated heterocycles. The predicted molar refractivity (Wildman–Crippen MR) is 74.1 cm³/mol. The maximum atomic E-state index is 6.54. The number of ether oxygens (including phenoxy) is 2. The molecule has 2 N–H and O–H groups in total. The van der Waals surface area contributed by atoms with E-state index in [-0.39, 0.29) is 11.6 Å². The molecule has 1 heterocycles. The van der Waals surface area contributed by atoms with Gasteiger partial charge in [0, 0.05) is 14.2 Å². The Morgan fingerprint density at radius 3 is 2.42 bits per heavy atom. The SMILES string of the molecule is COc1cnn(C)c1C(N)C1(OC)CCCCCC1. The molecule has 0 bridgehead atoms. The topological polar surface area (TPSA) is 62.3 Å².